The van der Waals surface area contributed by atoms with Crippen LogP contribution in [0.5, 0.6) is 0 Å². The first-order chi connectivity index (χ1) is 13.4. The molecule has 0 aliphatic carbocycles. The molecule has 1 unspecified atom stereocenters. The van der Waals surface area contributed by atoms with Gasteiger partial charge in [-0.05, 0) is 36.2 Å². The fraction of sp³-hybridized carbons (Fsp3) is 0.450. The maximum atomic E-state index is 12.7. The molecule has 1 aromatic carbocycles. The van der Waals surface area contributed by atoms with Crippen molar-refractivity contribution in [3.8, 4) is 0 Å². The normalized spacial score (nSPS) is 17.8. The Hall–Kier alpha value is -1.75. The van der Waals surface area contributed by atoms with Crippen LogP contribution in [0.1, 0.15) is 23.3 Å². The second-order valence-electron chi connectivity index (χ2n) is 6.89. The van der Waals surface area contributed by atoms with Gasteiger partial charge >= 0.3 is 6.18 Å². The fourth-order valence-corrected chi connectivity index (χ4v) is 3.30. The monoisotopic (exact) mass is 522 g/mol. The number of guanidine groups is 1. The molecule has 9 heteroatoms. The van der Waals surface area contributed by atoms with Gasteiger partial charge < -0.3 is 15.1 Å². The summed E-state index contributed by atoms with van der Waals surface area (Å²) in [5.74, 6) is 1.67. The number of rotatable bonds is 6. The van der Waals surface area contributed by atoms with Crippen LogP contribution in [0.25, 0.3) is 0 Å². The third-order valence-corrected chi connectivity index (χ3v) is 4.77. The van der Waals surface area contributed by atoms with Gasteiger partial charge in [0.2, 0.25) is 0 Å². The van der Waals surface area contributed by atoms with Gasteiger partial charge in [0.1, 0.15) is 5.76 Å². The molecular formula is C20H26F3IN4O. The lowest BCUT2D eigenvalue weighted by Crippen LogP contribution is -2.45. The maximum Gasteiger partial charge on any atom is 0.416 e. The lowest BCUT2D eigenvalue weighted by molar-refractivity contribution is -0.137. The predicted octanol–water partition coefficient (Wildman–Crippen LogP) is 3.90. The number of benzene rings is 1. The highest BCUT2D eigenvalue weighted by atomic mass is 127. The predicted molar refractivity (Wildman–Crippen MR) is 117 cm³/mol. The second-order valence-corrected chi connectivity index (χ2v) is 6.89. The molecule has 2 aromatic rings. The molecule has 1 aromatic heterocycles. The lowest BCUT2D eigenvalue weighted by Gasteiger charge is -2.19. The van der Waals surface area contributed by atoms with Crippen molar-refractivity contribution in [3.05, 3.63) is 59.5 Å². The molecule has 3 rings (SSSR count). The van der Waals surface area contributed by atoms with Crippen LogP contribution < -0.4 is 10.6 Å². The summed E-state index contributed by atoms with van der Waals surface area (Å²) in [6, 6.07) is 9.46. The van der Waals surface area contributed by atoms with Gasteiger partial charge in [0.05, 0.1) is 11.8 Å². The van der Waals surface area contributed by atoms with Crippen molar-refractivity contribution >= 4 is 29.9 Å². The third kappa shape index (κ3) is 7.22. The number of likely N-dealkylation sites (tertiary alicyclic amines) is 1. The number of aliphatic imine (C=N–C) groups is 1. The van der Waals surface area contributed by atoms with Crippen LogP contribution in [-0.4, -0.2) is 43.6 Å². The second kappa shape index (κ2) is 10.9. The summed E-state index contributed by atoms with van der Waals surface area (Å²) >= 11 is 0. The largest absolute Gasteiger partial charge is 0.469 e. The molecule has 2 N–H and O–H groups in total. The van der Waals surface area contributed by atoms with E-state index in [0.717, 1.165) is 61.9 Å². The van der Waals surface area contributed by atoms with Gasteiger partial charge in [0, 0.05) is 45.7 Å². The minimum Gasteiger partial charge on any atom is -0.469 e. The zero-order valence-corrected chi connectivity index (χ0v) is 18.5. The third-order valence-electron chi connectivity index (χ3n) is 4.77. The van der Waals surface area contributed by atoms with Gasteiger partial charge in [0.15, 0.2) is 5.96 Å². The van der Waals surface area contributed by atoms with E-state index in [1.807, 2.05) is 12.1 Å². The van der Waals surface area contributed by atoms with E-state index in [2.05, 4.69) is 20.5 Å². The summed E-state index contributed by atoms with van der Waals surface area (Å²) < 4.78 is 43.3. The molecule has 1 atom stereocenters. The van der Waals surface area contributed by atoms with E-state index < -0.39 is 11.7 Å². The van der Waals surface area contributed by atoms with Crippen LogP contribution in [-0.2, 0) is 19.1 Å². The van der Waals surface area contributed by atoms with Crippen LogP contribution in [0.3, 0.4) is 0 Å². The van der Waals surface area contributed by atoms with Crippen LogP contribution in [0.4, 0.5) is 13.2 Å². The van der Waals surface area contributed by atoms with Crippen molar-refractivity contribution in [1.29, 1.82) is 0 Å². The number of hydrogen-bond acceptors (Lipinski definition) is 3. The highest BCUT2D eigenvalue weighted by molar-refractivity contribution is 14.0. The number of nitrogens with zero attached hydrogens (tertiary/aromatic N) is 2. The Balaban J connectivity index is 0.00000300. The average Bonchev–Trinajstić information content (AvgIpc) is 3.33. The fourth-order valence-electron chi connectivity index (χ4n) is 3.30. The number of halogens is 4. The maximum absolute atomic E-state index is 12.7. The van der Waals surface area contributed by atoms with E-state index in [4.69, 9.17) is 4.42 Å². The van der Waals surface area contributed by atoms with E-state index in [0.29, 0.717) is 6.54 Å². The molecule has 0 spiro atoms. The van der Waals surface area contributed by atoms with Crippen LogP contribution in [0.2, 0.25) is 0 Å². The van der Waals surface area contributed by atoms with E-state index in [1.54, 1.807) is 25.4 Å². The first kappa shape index (κ1) is 23.5. The van der Waals surface area contributed by atoms with Gasteiger partial charge in [-0.1, -0.05) is 12.1 Å². The van der Waals surface area contributed by atoms with E-state index >= 15 is 0 Å². The van der Waals surface area contributed by atoms with Crippen molar-refractivity contribution < 1.29 is 17.6 Å². The summed E-state index contributed by atoms with van der Waals surface area (Å²) in [4.78, 5) is 6.48. The summed E-state index contributed by atoms with van der Waals surface area (Å²) in [6.07, 6.45) is -0.898. The van der Waals surface area contributed by atoms with Crippen LogP contribution >= 0.6 is 24.0 Å². The molecule has 1 saturated heterocycles. The van der Waals surface area contributed by atoms with Crippen molar-refractivity contribution in [2.24, 2.45) is 4.99 Å². The smallest absolute Gasteiger partial charge is 0.416 e. The first-order valence-corrected chi connectivity index (χ1v) is 9.32. The number of nitrogens with one attached hydrogen (secondary N) is 2. The molecule has 2 heterocycles. The Kier molecular flexibility index (Phi) is 8.81. The average molecular weight is 522 g/mol. The summed E-state index contributed by atoms with van der Waals surface area (Å²) in [5, 5.41) is 6.68. The number of hydrogen-bond donors (Lipinski definition) is 2. The zero-order chi connectivity index (χ0) is 20.0. The Morgan fingerprint density at radius 2 is 2.00 bits per heavy atom. The zero-order valence-electron chi connectivity index (χ0n) is 16.2. The summed E-state index contributed by atoms with van der Waals surface area (Å²) in [5.41, 5.74) is 0.274. The molecule has 1 fully saturated rings. The Morgan fingerprint density at radius 3 is 2.62 bits per heavy atom. The Labute approximate surface area is 185 Å². The quantitative estimate of drug-likeness (QED) is 0.344. The van der Waals surface area contributed by atoms with E-state index in [-0.39, 0.29) is 30.0 Å². The highest BCUT2D eigenvalue weighted by Crippen LogP contribution is 2.29. The number of furan rings is 1. The molecule has 0 radical (unpaired) electrons. The van der Waals surface area contributed by atoms with Gasteiger partial charge in [-0.2, -0.15) is 13.2 Å². The Bertz CT molecular complexity index is 763. The van der Waals surface area contributed by atoms with Crippen molar-refractivity contribution in [2.45, 2.75) is 31.6 Å². The summed E-state index contributed by atoms with van der Waals surface area (Å²) in [7, 11) is 1.73. The molecule has 160 valence electrons. The minimum atomic E-state index is -4.29. The standard InChI is InChI=1S/C20H25F3N4O.HI/c1-24-19(25-10-8-18-3-2-12-28-18)26-17-9-11-27(14-17)13-15-4-6-16(7-5-15)20(21,22)23;/h2-7,12,17H,8-11,13-14H2,1H3,(H2,24,25,26);1H. The molecule has 5 nitrogen and oxygen atoms in total. The topological polar surface area (TPSA) is 52.8 Å². The first-order valence-electron chi connectivity index (χ1n) is 9.32. The Morgan fingerprint density at radius 1 is 1.24 bits per heavy atom. The van der Waals surface area contributed by atoms with Gasteiger partial charge in [-0.25, -0.2) is 0 Å². The molecule has 0 amide bonds. The van der Waals surface area contributed by atoms with Gasteiger partial charge in [0.25, 0.3) is 0 Å². The van der Waals surface area contributed by atoms with Crippen molar-refractivity contribution in [1.82, 2.24) is 15.5 Å². The van der Waals surface area contributed by atoms with Gasteiger partial charge in [-0.3, -0.25) is 9.89 Å². The van der Waals surface area contributed by atoms with Crippen molar-refractivity contribution in [2.75, 3.05) is 26.7 Å². The highest BCUT2D eigenvalue weighted by Gasteiger charge is 2.30. The summed E-state index contributed by atoms with van der Waals surface area (Å²) in [6.45, 7) is 3.07. The molecule has 1 aliphatic rings. The van der Waals surface area contributed by atoms with Crippen LogP contribution in [0.15, 0.2) is 52.1 Å². The van der Waals surface area contributed by atoms with Crippen molar-refractivity contribution in [3.63, 3.8) is 0 Å². The molecule has 0 saturated carbocycles. The molecule has 29 heavy (non-hydrogen) atoms. The van der Waals surface area contributed by atoms with Gasteiger partial charge in [-0.15, -0.1) is 24.0 Å². The molecule has 1 aliphatic heterocycles. The van der Waals surface area contributed by atoms with Crippen LogP contribution in [0, 0.1) is 0 Å². The van der Waals surface area contributed by atoms with E-state index in [1.165, 1.54) is 0 Å². The number of alkyl halides is 3. The SMILES string of the molecule is CN=C(NCCc1ccco1)NC1CCN(Cc2ccc(C(F)(F)F)cc2)C1.I. The lowest BCUT2D eigenvalue weighted by atomic mass is 10.1. The molecule has 0 bridgehead atoms. The molecular weight excluding hydrogens is 496 g/mol. The minimum absolute atomic E-state index is 0. The van der Waals surface area contributed by atoms with E-state index in [9.17, 15) is 13.2 Å².